The third kappa shape index (κ3) is 2.64. The highest BCUT2D eigenvalue weighted by Crippen LogP contribution is 2.35. The molecular formula is C13H14O4. The summed E-state index contributed by atoms with van der Waals surface area (Å²) in [6, 6.07) is 3.59. The zero-order chi connectivity index (χ0) is 12.4. The van der Waals surface area contributed by atoms with Crippen LogP contribution in [-0.4, -0.2) is 11.9 Å². The van der Waals surface area contributed by atoms with Crippen LogP contribution in [0.15, 0.2) is 12.1 Å². The average molecular weight is 234 g/mol. The van der Waals surface area contributed by atoms with Gasteiger partial charge >= 0.3 is 11.9 Å². The van der Waals surface area contributed by atoms with Gasteiger partial charge in [-0.25, -0.2) is 0 Å². The van der Waals surface area contributed by atoms with Crippen LogP contribution >= 0.6 is 0 Å². The summed E-state index contributed by atoms with van der Waals surface area (Å²) >= 11 is 0. The van der Waals surface area contributed by atoms with Crippen molar-refractivity contribution in [3.8, 4) is 11.5 Å². The molecule has 0 saturated heterocycles. The summed E-state index contributed by atoms with van der Waals surface area (Å²) in [5.74, 6) is -0.186. The van der Waals surface area contributed by atoms with Gasteiger partial charge in [-0.15, -0.1) is 0 Å². The van der Waals surface area contributed by atoms with Crippen molar-refractivity contribution in [2.45, 2.75) is 33.1 Å². The van der Waals surface area contributed by atoms with Crippen LogP contribution in [0, 0.1) is 0 Å². The van der Waals surface area contributed by atoms with Gasteiger partial charge in [0.15, 0.2) is 11.5 Å². The quantitative estimate of drug-likeness (QED) is 0.580. The Balaban J connectivity index is 2.39. The van der Waals surface area contributed by atoms with E-state index in [-0.39, 0.29) is 0 Å². The van der Waals surface area contributed by atoms with Crippen molar-refractivity contribution >= 4 is 11.9 Å². The molecule has 4 nitrogen and oxygen atoms in total. The number of hydrogen-bond acceptors (Lipinski definition) is 4. The predicted molar refractivity (Wildman–Crippen MR) is 61.1 cm³/mol. The van der Waals surface area contributed by atoms with Crippen LogP contribution in [-0.2, 0) is 22.4 Å². The summed E-state index contributed by atoms with van der Waals surface area (Å²) in [7, 11) is 0. The van der Waals surface area contributed by atoms with E-state index in [9.17, 15) is 9.59 Å². The molecular weight excluding hydrogens is 220 g/mol. The predicted octanol–water partition coefficient (Wildman–Crippen LogP) is 2.03. The Bertz CT molecular complexity index is 434. The van der Waals surface area contributed by atoms with Crippen molar-refractivity contribution < 1.29 is 19.1 Å². The van der Waals surface area contributed by atoms with E-state index in [0.29, 0.717) is 11.5 Å². The second-order valence-electron chi connectivity index (χ2n) is 4.11. The van der Waals surface area contributed by atoms with E-state index in [1.165, 1.54) is 13.8 Å². The number of carbonyl (C=O) groups is 2. The molecule has 4 heteroatoms. The summed E-state index contributed by atoms with van der Waals surface area (Å²) in [4.78, 5) is 22.0. The fraction of sp³-hybridized carbons (Fsp3) is 0.385. The molecule has 1 aromatic carbocycles. The van der Waals surface area contributed by atoms with E-state index >= 15 is 0 Å². The zero-order valence-electron chi connectivity index (χ0n) is 9.91. The smallest absolute Gasteiger partial charge is 0.308 e. The maximum Gasteiger partial charge on any atom is 0.308 e. The molecule has 0 amide bonds. The van der Waals surface area contributed by atoms with Gasteiger partial charge in [-0.3, -0.25) is 9.59 Å². The molecule has 0 aliphatic heterocycles. The fourth-order valence-corrected chi connectivity index (χ4v) is 2.05. The Morgan fingerprint density at radius 2 is 1.35 bits per heavy atom. The number of fused-ring (bicyclic) bond motifs is 1. The number of rotatable bonds is 2. The Labute approximate surface area is 99.5 Å². The molecule has 0 aromatic heterocycles. The van der Waals surface area contributed by atoms with Crippen molar-refractivity contribution in [1.82, 2.24) is 0 Å². The van der Waals surface area contributed by atoms with Crippen LogP contribution in [0.4, 0.5) is 0 Å². The Morgan fingerprint density at radius 3 is 1.71 bits per heavy atom. The first kappa shape index (κ1) is 11.6. The molecule has 0 saturated carbocycles. The molecule has 90 valence electrons. The summed E-state index contributed by atoms with van der Waals surface area (Å²) in [6.07, 6.45) is 3.03. The highest BCUT2D eigenvalue weighted by molar-refractivity contribution is 5.74. The molecule has 17 heavy (non-hydrogen) atoms. The monoisotopic (exact) mass is 234 g/mol. The maximum absolute atomic E-state index is 11.0. The van der Waals surface area contributed by atoms with Crippen molar-refractivity contribution in [3.05, 3.63) is 23.3 Å². The zero-order valence-corrected chi connectivity index (χ0v) is 9.91. The lowest BCUT2D eigenvalue weighted by Crippen LogP contribution is -2.07. The summed E-state index contributed by atoms with van der Waals surface area (Å²) < 4.78 is 10.1. The molecule has 1 aliphatic carbocycles. The van der Waals surface area contributed by atoms with Gasteiger partial charge in [0, 0.05) is 13.8 Å². The lowest BCUT2D eigenvalue weighted by molar-refractivity contribution is -0.134. The fourth-order valence-electron chi connectivity index (χ4n) is 2.05. The number of benzene rings is 1. The highest BCUT2D eigenvalue weighted by atomic mass is 16.6. The lowest BCUT2D eigenvalue weighted by atomic mass is 10.1. The number of esters is 2. The third-order valence-corrected chi connectivity index (χ3v) is 2.67. The molecule has 0 radical (unpaired) electrons. The van der Waals surface area contributed by atoms with Gasteiger partial charge in [0.25, 0.3) is 0 Å². The second kappa shape index (κ2) is 4.57. The lowest BCUT2D eigenvalue weighted by Gasteiger charge is -2.11. The first-order valence-electron chi connectivity index (χ1n) is 5.59. The largest absolute Gasteiger partial charge is 0.423 e. The van der Waals surface area contributed by atoms with E-state index in [1.807, 2.05) is 0 Å². The minimum atomic E-state index is -0.420. The van der Waals surface area contributed by atoms with Gasteiger partial charge < -0.3 is 9.47 Å². The van der Waals surface area contributed by atoms with Gasteiger partial charge in [0.2, 0.25) is 0 Å². The van der Waals surface area contributed by atoms with E-state index in [2.05, 4.69) is 0 Å². The normalized spacial score (nSPS) is 13.1. The summed E-state index contributed by atoms with van der Waals surface area (Å²) in [5, 5.41) is 0. The van der Waals surface area contributed by atoms with E-state index in [1.54, 1.807) is 12.1 Å². The maximum atomic E-state index is 11.0. The van der Waals surface area contributed by atoms with E-state index in [0.717, 1.165) is 30.4 Å². The standard InChI is InChI=1S/C13H14O4/c1-8(14)16-12-6-10-4-3-5-11(10)7-13(12)17-9(2)15/h6-7H,3-5H2,1-2H3. The minimum absolute atomic E-state index is 0.327. The highest BCUT2D eigenvalue weighted by Gasteiger charge is 2.18. The van der Waals surface area contributed by atoms with Gasteiger partial charge in [-0.2, -0.15) is 0 Å². The van der Waals surface area contributed by atoms with Crippen LogP contribution in [0.2, 0.25) is 0 Å². The SMILES string of the molecule is CC(=O)Oc1cc2c(cc1OC(C)=O)CCC2. The van der Waals surface area contributed by atoms with Crippen LogP contribution in [0.1, 0.15) is 31.4 Å². The van der Waals surface area contributed by atoms with Crippen LogP contribution in [0.25, 0.3) is 0 Å². The molecule has 0 spiro atoms. The van der Waals surface area contributed by atoms with Gasteiger partial charge in [-0.05, 0) is 42.5 Å². The average Bonchev–Trinajstić information content (AvgIpc) is 2.63. The van der Waals surface area contributed by atoms with Crippen molar-refractivity contribution in [3.63, 3.8) is 0 Å². The molecule has 0 heterocycles. The molecule has 0 bridgehead atoms. The Morgan fingerprint density at radius 1 is 0.941 bits per heavy atom. The summed E-state index contributed by atoms with van der Waals surface area (Å²) in [5.41, 5.74) is 2.33. The van der Waals surface area contributed by atoms with Gasteiger partial charge in [0.05, 0.1) is 0 Å². The van der Waals surface area contributed by atoms with Crippen LogP contribution in [0.5, 0.6) is 11.5 Å². The molecule has 2 rings (SSSR count). The van der Waals surface area contributed by atoms with Gasteiger partial charge in [0.1, 0.15) is 0 Å². The molecule has 0 N–H and O–H groups in total. The number of hydrogen-bond donors (Lipinski definition) is 0. The Hall–Kier alpha value is -1.84. The molecule has 1 aliphatic rings. The van der Waals surface area contributed by atoms with Crippen molar-refractivity contribution in [1.29, 1.82) is 0 Å². The first-order chi connectivity index (χ1) is 8.06. The molecule has 1 aromatic rings. The van der Waals surface area contributed by atoms with Crippen LogP contribution < -0.4 is 9.47 Å². The second-order valence-corrected chi connectivity index (χ2v) is 4.11. The molecule has 0 unspecified atom stereocenters. The van der Waals surface area contributed by atoms with Gasteiger partial charge in [-0.1, -0.05) is 0 Å². The van der Waals surface area contributed by atoms with Crippen LogP contribution in [0.3, 0.4) is 0 Å². The minimum Gasteiger partial charge on any atom is -0.423 e. The summed E-state index contributed by atoms with van der Waals surface area (Å²) in [6.45, 7) is 2.65. The number of ether oxygens (including phenoxy) is 2. The molecule has 0 fully saturated rings. The third-order valence-electron chi connectivity index (χ3n) is 2.67. The van der Waals surface area contributed by atoms with Crippen molar-refractivity contribution in [2.75, 3.05) is 0 Å². The first-order valence-corrected chi connectivity index (χ1v) is 5.59. The van der Waals surface area contributed by atoms with Crippen molar-refractivity contribution in [2.24, 2.45) is 0 Å². The topological polar surface area (TPSA) is 52.6 Å². The Kier molecular flexibility index (Phi) is 3.13. The number of aryl methyl sites for hydroxylation is 2. The van der Waals surface area contributed by atoms with E-state index in [4.69, 9.17) is 9.47 Å². The molecule has 0 atom stereocenters. The van der Waals surface area contributed by atoms with E-state index < -0.39 is 11.9 Å². The number of carbonyl (C=O) groups excluding carboxylic acids is 2.